The van der Waals surface area contributed by atoms with Gasteiger partial charge in [0.2, 0.25) is 35.4 Å². The summed E-state index contributed by atoms with van der Waals surface area (Å²) < 4.78 is 10.1. The Bertz CT molecular complexity index is 3590. The van der Waals surface area contributed by atoms with Gasteiger partial charge in [-0.15, -0.1) is 0 Å². The zero-order valence-electron chi connectivity index (χ0n) is 58.5. The lowest BCUT2D eigenvalue weighted by atomic mass is 9.85. The fourth-order valence-corrected chi connectivity index (χ4v) is 13.0. The highest BCUT2D eigenvalue weighted by Gasteiger charge is 2.48. The topological polar surface area (TPSA) is 274 Å². The predicted octanol–water partition coefficient (Wildman–Crippen LogP) is 8.95. The molecule has 10 amide bonds. The van der Waals surface area contributed by atoms with Gasteiger partial charge in [0.25, 0.3) is 11.8 Å². The molecule has 4 aromatic rings. The number of ether oxygens (including phenoxy) is 2. The van der Waals surface area contributed by atoms with Crippen molar-refractivity contribution in [1.82, 2.24) is 46.2 Å². The van der Waals surface area contributed by atoms with E-state index in [0.29, 0.717) is 24.1 Å². The number of nitrogens with zero attached hydrogens (tertiary/aromatic N) is 4. The molecule has 0 bridgehead atoms. The normalized spacial score (nSPS) is 19.8. The van der Waals surface area contributed by atoms with E-state index in [2.05, 4.69) is 38.0 Å². The van der Waals surface area contributed by atoms with Crippen LogP contribution in [0.25, 0.3) is 0 Å². The van der Waals surface area contributed by atoms with Crippen LogP contribution >= 0.6 is 11.8 Å². The Morgan fingerprint density at radius 3 is 1.51 bits per heavy atom. The maximum atomic E-state index is 15.4. The Morgan fingerprint density at radius 1 is 0.552 bits per heavy atom. The third kappa shape index (κ3) is 17.8. The zero-order valence-corrected chi connectivity index (χ0v) is 59.3. The van der Waals surface area contributed by atoms with Crippen molar-refractivity contribution in [1.29, 1.82) is 0 Å². The number of fused-ring (bicyclic) bond motifs is 3. The molecule has 1 saturated heterocycles. The average Bonchev–Trinajstić information content (AvgIpc) is 1.19. The minimum atomic E-state index is -1.18. The van der Waals surface area contributed by atoms with E-state index >= 15 is 9.59 Å². The summed E-state index contributed by atoms with van der Waals surface area (Å²) in [7, 11) is 2.89. The molecular formula is C73H98N10O12S. The van der Waals surface area contributed by atoms with E-state index in [1.807, 2.05) is 68.6 Å². The number of nitrogens with one attached hydrogen (secondary N) is 6. The summed E-state index contributed by atoms with van der Waals surface area (Å²) in [5.74, 6) is -4.05. The van der Waals surface area contributed by atoms with Gasteiger partial charge in [-0.2, -0.15) is 11.8 Å². The van der Waals surface area contributed by atoms with E-state index in [0.717, 1.165) is 58.4 Å². The second-order valence-corrected chi connectivity index (χ2v) is 31.0. The molecule has 4 aliphatic rings. The second kappa shape index (κ2) is 29.9. The molecule has 22 nitrogen and oxygen atoms in total. The average molecular weight is 1340 g/mol. The number of carbonyl (C=O) groups is 10. The summed E-state index contributed by atoms with van der Waals surface area (Å²) in [5, 5.41) is 18.3. The Kier molecular flexibility index (Phi) is 22.8. The Morgan fingerprint density at radius 2 is 1.02 bits per heavy atom. The van der Waals surface area contributed by atoms with Gasteiger partial charge in [0.1, 0.15) is 47.5 Å². The fraction of sp³-hybridized carbons (Fsp3) is 0.534. The van der Waals surface area contributed by atoms with Crippen molar-refractivity contribution in [2.75, 3.05) is 32.2 Å². The predicted molar refractivity (Wildman–Crippen MR) is 369 cm³/mol. The highest BCUT2D eigenvalue weighted by molar-refractivity contribution is 8.00. The maximum absolute atomic E-state index is 15.4. The monoisotopic (exact) mass is 1340 g/mol. The number of likely N-dealkylation sites (tertiary alicyclic amines) is 1. The SMILES string of the molecule is CSC(C)(C)[C@H](NC(=O)[C@H](C)N(C)C(=O)OC(C)(C)C)C(=O)N1Cc2cc(NC(=O)c3ccc(C(=O)N[C@H]4C[C@@H](C(=O)N[C@@H]5CCCc6ccccc65)N(C(=O)[C@@H](NC(=O)[C@H](C)N(C)C(=O)OC(C)(C)C)C(C)(C)C)C4)cc3)ccc2C[C@H]1C(=O)N[C@@H]1CCCc2ccccc21. The molecule has 96 heavy (non-hydrogen) atoms. The van der Waals surface area contributed by atoms with Crippen LogP contribution in [0.15, 0.2) is 91.0 Å². The van der Waals surface area contributed by atoms with Crippen LogP contribution in [0.1, 0.15) is 188 Å². The minimum Gasteiger partial charge on any atom is -0.444 e. The first kappa shape index (κ1) is 73.3. The third-order valence-electron chi connectivity index (χ3n) is 18.6. The van der Waals surface area contributed by atoms with E-state index in [1.54, 1.807) is 81.4 Å². The highest BCUT2D eigenvalue weighted by atomic mass is 32.2. The Hall–Kier alpha value is -8.47. The van der Waals surface area contributed by atoms with Gasteiger partial charge < -0.3 is 51.2 Å². The Labute approximate surface area is 569 Å². The van der Waals surface area contributed by atoms with Crippen LogP contribution in [-0.2, 0) is 64.0 Å². The van der Waals surface area contributed by atoms with E-state index in [4.69, 9.17) is 9.47 Å². The summed E-state index contributed by atoms with van der Waals surface area (Å²) in [5.41, 5.74) is 4.03. The molecule has 8 rings (SSSR count). The van der Waals surface area contributed by atoms with Gasteiger partial charge >= 0.3 is 12.2 Å². The number of carbonyl (C=O) groups excluding carboxylic acids is 10. The number of hydrogen-bond acceptors (Lipinski definition) is 13. The van der Waals surface area contributed by atoms with Gasteiger partial charge in [-0.1, -0.05) is 75.4 Å². The van der Waals surface area contributed by atoms with Gasteiger partial charge in [-0.05, 0) is 196 Å². The quantitative estimate of drug-likeness (QED) is 0.0544. The first-order chi connectivity index (χ1) is 44.9. The van der Waals surface area contributed by atoms with E-state index in [-0.39, 0.29) is 55.0 Å². The summed E-state index contributed by atoms with van der Waals surface area (Å²) in [6.45, 7) is 22.3. The van der Waals surface area contributed by atoms with Crippen LogP contribution in [0, 0.1) is 5.41 Å². The number of hydrogen-bond donors (Lipinski definition) is 6. The number of anilines is 1. The van der Waals surface area contributed by atoms with Crippen molar-refractivity contribution >= 4 is 76.9 Å². The lowest BCUT2D eigenvalue weighted by Crippen LogP contribution is -2.63. The number of benzene rings is 4. The van der Waals surface area contributed by atoms with Crippen molar-refractivity contribution in [2.45, 2.75) is 218 Å². The first-order valence-corrected chi connectivity index (χ1v) is 34.5. The van der Waals surface area contributed by atoms with Crippen LogP contribution in [-0.4, -0.2) is 164 Å². The molecule has 2 aliphatic carbocycles. The molecule has 2 aliphatic heterocycles. The lowest BCUT2D eigenvalue weighted by molar-refractivity contribution is -0.145. The molecule has 6 N–H and O–H groups in total. The van der Waals surface area contributed by atoms with Crippen molar-refractivity contribution in [3.63, 3.8) is 0 Å². The van der Waals surface area contributed by atoms with Crippen LogP contribution in [0.5, 0.6) is 0 Å². The largest absolute Gasteiger partial charge is 0.444 e. The highest BCUT2D eigenvalue weighted by Crippen LogP contribution is 2.36. The molecule has 518 valence electrons. The van der Waals surface area contributed by atoms with Crippen molar-refractivity contribution in [2.24, 2.45) is 5.41 Å². The molecule has 2 heterocycles. The summed E-state index contributed by atoms with van der Waals surface area (Å²) in [6, 6.07) is 19.5. The van der Waals surface area contributed by atoms with Crippen LogP contribution in [0.4, 0.5) is 15.3 Å². The van der Waals surface area contributed by atoms with Gasteiger partial charge in [0.15, 0.2) is 0 Å². The number of likely N-dealkylation sites (N-methyl/N-ethyl adjacent to an activating group) is 2. The minimum absolute atomic E-state index is 0.0538. The lowest BCUT2D eigenvalue weighted by Gasteiger charge is -2.42. The van der Waals surface area contributed by atoms with Gasteiger partial charge in [0.05, 0.1) is 12.1 Å². The number of thioether (sulfide) groups is 1. The molecule has 23 heteroatoms. The van der Waals surface area contributed by atoms with Crippen LogP contribution in [0.2, 0.25) is 0 Å². The summed E-state index contributed by atoms with van der Waals surface area (Å²) in [4.78, 5) is 148. The number of aryl methyl sites for hydroxylation is 2. The van der Waals surface area contributed by atoms with Gasteiger partial charge in [-0.3, -0.25) is 48.2 Å². The molecule has 0 unspecified atom stereocenters. The zero-order chi connectivity index (χ0) is 70.5. The summed E-state index contributed by atoms with van der Waals surface area (Å²) in [6.07, 6.45) is 5.45. The summed E-state index contributed by atoms with van der Waals surface area (Å²) >= 11 is 1.36. The van der Waals surface area contributed by atoms with Crippen molar-refractivity contribution in [3.05, 3.63) is 136 Å². The van der Waals surface area contributed by atoms with E-state index < -0.39 is 117 Å². The molecule has 0 radical (unpaired) electrons. The van der Waals surface area contributed by atoms with E-state index in [9.17, 15) is 38.4 Å². The maximum Gasteiger partial charge on any atom is 0.410 e. The molecule has 0 aromatic heterocycles. The van der Waals surface area contributed by atoms with Crippen molar-refractivity contribution < 1.29 is 57.4 Å². The van der Waals surface area contributed by atoms with Crippen molar-refractivity contribution in [3.8, 4) is 0 Å². The number of amides is 10. The molecule has 4 aromatic carbocycles. The molecule has 0 spiro atoms. The fourth-order valence-electron chi connectivity index (χ4n) is 12.6. The van der Waals surface area contributed by atoms with E-state index in [1.165, 1.54) is 71.7 Å². The molecule has 0 saturated carbocycles. The number of rotatable bonds is 18. The van der Waals surface area contributed by atoms with Crippen LogP contribution < -0.4 is 31.9 Å². The first-order valence-electron chi connectivity index (χ1n) is 33.2. The van der Waals surface area contributed by atoms with Crippen LogP contribution in [0.3, 0.4) is 0 Å². The smallest absolute Gasteiger partial charge is 0.410 e. The van der Waals surface area contributed by atoms with Gasteiger partial charge in [-0.25, -0.2) is 9.59 Å². The van der Waals surface area contributed by atoms with Gasteiger partial charge in [0, 0.05) is 61.2 Å². The second-order valence-electron chi connectivity index (χ2n) is 29.5. The molecule has 1 fully saturated rings. The Balaban J connectivity index is 0.993. The third-order valence-corrected chi connectivity index (χ3v) is 19.9. The molecule has 9 atom stereocenters. The standard InChI is InChI=1S/C73H98N10O12S/c1-42(80(14)68(92)94-71(6,7)8)60(84)78-58(70(3,4)5)66(90)83-41-51(39-57(83)65(89)77-55-30-22-26-45-24-18-20-28-53(45)55)75-63(87)47-33-31-46(32-34-47)62(86)74-50-36-35-48-38-56(64(88)76-54-29-21-25-44-23-17-19-27-52(44)54)82(40-49(48)37-50)67(91)59(73(12,13)96-16)79-61(85)43(2)81(15)69(93)95-72(9,10)11/h17-20,23-24,27-28,31-37,42-43,51,54-59H,21-22,25-26,29-30,38-41H2,1-16H3,(H,74,86)(H,75,87)(H,76,88)(H,77,89)(H,78,84)(H,79,85)/t42-,43-,51-,54+,55+,56-,57-,58+,59+/m0/s1. The molecular weight excluding hydrogens is 1240 g/mol.